The molecule has 0 amide bonds. The number of rotatable bonds is 9. The Morgan fingerprint density at radius 2 is 1.02 bits per heavy atom. The smallest absolute Gasteiger partial charge is 0.346 e. The lowest BCUT2D eigenvalue weighted by atomic mass is 10.0. The maximum absolute atomic E-state index is 14.5. The third-order valence-electron chi connectivity index (χ3n) is 8.49. The minimum absolute atomic E-state index is 0.0638. The van der Waals surface area contributed by atoms with Crippen LogP contribution in [-0.2, 0) is 22.6 Å². The van der Waals surface area contributed by atoms with Crippen molar-refractivity contribution in [3.8, 4) is 33.8 Å². The fourth-order valence-electron chi connectivity index (χ4n) is 5.28. The first-order valence-electron chi connectivity index (χ1n) is 17.2. The number of ether oxygens (including phenoxy) is 3. The van der Waals surface area contributed by atoms with Gasteiger partial charge in [-0.05, 0) is 90.6 Å². The molecule has 280 valence electrons. The van der Waals surface area contributed by atoms with Gasteiger partial charge in [-0.25, -0.2) is 27.2 Å². The van der Waals surface area contributed by atoms with Gasteiger partial charge in [0.2, 0.25) is 0 Å². The molecule has 0 bridgehead atoms. The van der Waals surface area contributed by atoms with Crippen LogP contribution in [0.3, 0.4) is 0 Å². The van der Waals surface area contributed by atoms with E-state index >= 15 is 0 Å². The zero-order chi connectivity index (χ0) is 39.6. The predicted octanol–water partition coefficient (Wildman–Crippen LogP) is 10.9. The zero-order valence-electron chi connectivity index (χ0n) is 30.4. The molecule has 0 aliphatic rings. The van der Waals surface area contributed by atoms with Crippen LogP contribution in [-0.4, -0.2) is 17.9 Å². The maximum Gasteiger partial charge on any atom is 0.346 e. The lowest BCUT2D eigenvalue weighted by Gasteiger charge is -2.10. The Morgan fingerprint density at radius 3 is 1.58 bits per heavy atom. The summed E-state index contributed by atoms with van der Waals surface area (Å²) in [6.45, 7) is 6.83. The Morgan fingerprint density at radius 1 is 0.527 bits per heavy atom. The molecule has 0 N–H and O–H groups in total. The average molecular weight is 749 g/mol. The average Bonchev–Trinajstić information content (AvgIpc) is 3.19. The van der Waals surface area contributed by atoms with Gasteiger partial charge < -0.3 is 14.2 Å². The molecule has 0 unspecified atom stereocenters. The molecular formula is C45H36F4O6. The van der Waals surface area contributed by atoms with E-state index in [1.54, 1.807) is 72.8 Å². The number of carbonyl (C=O) groups excluding carboxylic acids is 3. The SMILES string of the molecule is CC(=O)OCc1ccc(OC(=O)c2ccc(-c3ccc(C)cc3)c(F)c2F)cc1.CCc1ccc(C(=O)Oc2ccc(-c3ccc(C)c(F)c3F)cc2)cc1. The van der Waals surface area contributed by atoms with E-state index in [1.807, 2.05) is 26.0 Å². The highest BCUT2D eigenvalue weighted by Crippen LogP contribution is 2.29. The number of halogens is 4. The number of esters is 3. The van der Waals surface area contributed by atoms with Gasteiger partial charge in [0.05, 0.1) is 11.1 Å². The van der Waals surface area contributed by atoms with Gasteiger partial charge in [-0.2, -0.15) is 0 Å². The third-order valence-corrected chi connectivity index (χ3v) is 8.49. The second-order valence-corrected chi connectivity index (χ2v) is 12.5. The quantitative estimate of drug-likeness (QED) is 0.0832. The zero-order valence-corrected chi connectivity index (χ0v) is 30.4. The van der Waals surface area contributed by atoms with Crippen molar-refractivity contribution in [2.24, 2.45) is 0 Å². The van der Waals surface area contributed by atoms with Crippen LogP contribution in [0.2, 0.25) is 0 Å². The molecule has 0 atom stereocenters. The summed E-state index contributed by atoms with van der Waals surface area (Å²) >= 11 is 0. The maximum atomic E-state index is 14.5. The first-order chi connectivity index (χ1) is 26.3. The highest BCUT2D eigenvalue weighted by atomic mass is 19.2. The number of aryl methyl sites for hydroxylation is 3. The normalized spacial score (nSPS) is 10.5. The van der Waals surface area contributed by atoms with E-state index in [0.717, 1.165) is 17.5 Å². The first-order valence-corrected chi connectivity index (χ1v) is 17.2. The molecule has 0 heterocycles. The van der Waals surface area contributed by atoms with E-state index in [9.17, 15) is 31.9 Å². The summed E-state index contributed by atoms with van der Waals surface area (Å²) in [6, 6.07) is 32.2. The van der Waals surface area contributed by atoms with E-state index in [-0.39, 0.29) is 29.0 Å². The van der Waals surface area contributed by atoms with E-state index in [1.165, 1.54) is 50.2 Å². The van der Waals surface area contributed by atoms with Crippen molar-refractivity contribution < 1.29 is 46.2 Å². The third kappa shape index (κ3) is 10.1. The van der Waals surface area contributed by atoms with E-state index in [4.69, 9.17) is 14.2 Å². The largest absolute Gasteiger partial charge is 0.461 e. The Labute approximate surface area is 315 Å². The van der Waals surface area contributed by atoms with Gasteiger partial charge in [0, 0.05) is 18.1 Å². The Bertz CT molecular complexity index is 2300. The molecule has 6 rings (SSSR count). The fourth-order valence-corrected chi connectivity index (χ4v) is 5.28. The van der Waals surface area contributed by atoms with Gasteiger partial charge in [0.15, 0.2) is 23.3 Å². The number of hydrogen-bond donors (Lipinski definition) is 0. The fraction of sp³-hybridized carbons (Fsp3) is 0.133. The van der Waals surface area contributed by atoms with Crippen LogP contribution in [0.25, 0.3) is 22.3 Å². The molecule has 10 heteroatoms. The molecule has 0 saturated heterocycles. The minimum atomic E-state index is -1.26. The van der Waals surface area contributed by atoms with Gasteiger partial charge in [-0.3, -0.25) is 4.79 Å². The lowest BCUT2D eigenvalue weighted by Crippen LogP contribution is -2.12. The molecule has 0 fully saturated rings. The second kappa shape index (κ2) is 18.0. The topological polar surface area (TPSA) is 78.9 Å². The van der Waals surface area contributed by atoms with Crippen LogP contribution < -0.4 is 9.47 Å². The van der Waals surface area contributed by atoms with Crippen molar-refractivity contribution >= 4 is 17.9 Å². The minimum Gasteiger partial charge on any atom is -0.461 e. The number of hydrogen-bond acceptors (Lipinski definition) is 6. The molecule has 0 aromatic heterocycles. The standard InChI is InChI=1S/C23H18F2O4.C22H18F2O2/c1-14-3-7-17(8-4-14)19-11-12-20(22(25)21(19)24)23(27)29-18-9-5-16(6-10-18)13-28-15(2)26;1-3-15-5-7-17(8-6-15)22(25)26-18-11-9-16(10-12-18)19-13-4-14(2)20(23)21(19)24/h3-12H,13H2,1-2H3;4-13H,3H2,1-2H3. The van der Waals surface area contributed by atoms with Gasteiger partial charge >= 0.3 is 17.9 Å². The van der Waals surface area contributed by atoms with Crippen molar-refractivity contribution in [2.75, 3.05) is 0 Å². The van der Waals surface area contributed by atoms with E-state index in [0.29, 0.717) is 28.0 Å². The monoisotopic (exact) mass is 748 g/mol. The van der Waals surface area contributed by atoms with Crippen LogP contribution >= 0.6 is 0 Å². The predicted molar refractivity (Wildman–Crippen MR) is 201 cm³/mol. The molecule has 0 saturated carbocycles. The molecule has 0 aliphatic heterocycles. The van der Waals surface area contributed by atoms with Crippen LogP contribution in [0.5, 0.6) is 11.5 Å². The second-order valence-electron chi connectivity index (χ2n) is 12.5. The molecule has 6 aromatic carbocycles. The van der Waals surface area contributed by atoms with Gasteiger partial charge in [-0.1, -0.05) is 91.3 Å². The van der Waals surface area contributed by atoms with Crippen LogP contribution in [0, 0.1) is 37.1 Å². The highest BCUT2D eigenvalue weighted by molar-refractivity contribution is 5.92. The summed E-state index contributed by atoms with van der Waals surface area (Å²) in [5, 5.41) is 0. The van der Waals surface area contributed by atoms with Crippen molar-refractivity contribution in [1.29, 1.82) is 0 Å². The Kier molecular flexibility index (Phi) is 13.0. The molecular weight excluding hydrogens is 712 g/mol. The summed E-state index contributed by atoms with van der Waals surface area (Å²) in [5.74, 6) is -5.50. The number of benzene rings is 6. The molecule has 0 aliphatic carbocycles. The number of carbonyl (C=O) groups is 3. The Balaban J connectivity index is 0.000000212. The van der Waals surface area contributed by atoms with Crippen LogP contribution in [0.1, 0.15) is 56.8 Å². The summed E-state index contributed by atoms with van der Waals surface area (Å²) in [5.41, 5.74) is 4.29. The van der Waals surface area contributed by atoms with E-state index in [2.05, 4.69) is 0 Å². The van der Waals surface area contributed by atoms with Crippen LogP contribution in [0.4, 0.5) is 17.6 Å². The van der Waals surface area contributed by atoms with E-state index < -0.39 is 46.7 Å². The van der Waals surface area contributed by atoms with Crippen LogP contribution in [0.15, 0.2) is 121 Å². The lowest BCUT2D eigenvalue weighted by molar-refractivity contribution is -0.142. The molecule has 0 spiro atoms. The molecule has 0 radical (unpaired) electrons. The summed E-state index contributed by atoms with van der Waals surface area (Å²) < 4.78 is 72.1. The Hall–Kier alpha value is -6.55. The summed E-state index contributed by atoms with van der Waals surface area (Å²) in [6.07, 6.45) is 0.896. The van der Waals surface area contributed by atoms with Gasteiger partial charge in [0.25, 0.3) is 0 Å². The highest BCUT2D eigenvalue weighted by Gasteiger charge is 2.21. The molecule has 6 aromatic rings. The first kappa shape index (κ1) is 39.7. The van der Waals surface area contributed by atoms with Gasteiger partial charge in [-0.15, -0.1) is 0 Å². The molecule has 55 heavy (non-hydrogen) atoms. The summed E-state index contributed by atoms with van der Waals surface area (Å²) in [4.78, 5) is 35.3. The van der Waals surface area contributed by atoms with Gasteiger partial charge in [0.1, 0.15) is 18.1 Å². The van der Waals surface area contributed by atoms with Crippen molar-refractivity contribution in [3.05, 3.63) is 178 Å². The van der Waals surface area contributed by atoms with Crippen molar-refractivity contribution in [3.63, 3.8) is 0 Å². The summed E-state index contributed by atoms with van der Waals surface area (Å²) in [7, 11) is 0. The van der Waals surface area contributed by atoms with Crippen molar-refractivity contribution in [2.45, 2.75) is 40.7 Å². The molecule has 6 nitrogen and oxygen atoms in total. The van der Waals surface area contributed by atoms with Crippen molar-refractivity contribution in [1.82, 2.24) is 0 Å².